The van der Waals surface area contributed by atoms with Crippen LogP contribution in [0, 0.1) is 0 Å². The summed E-state index contributed by atoms with van der Waals surface area (Å²) in [4.78, 5) is 12.5. The van der Waals surface area contributed by atoms with Crippen molar-refractivity contribution < 1.29 is 86.5 Å². The fourth-order valence-electron chi connectivity index (χ4n) is 8.66. The highest BCUT2D eigenvalue weighted by Gasteiger charge is 2.48. The van der Waals surface area contributed by atoms with Crippen molar-refractivity contribution in [1.29, 1.82) is 0 Å². The van der Waals surface area contributed by atoms with E-state index in [2.05, 4.69) is 0 Å². The predicted octanol–water partition coefficient (Wildman–Crippen LogP) is 5.05. The lowest BCUT2D eigenvalue weighted by atomic mass is 9.76. The molecule has 0 bridgehead atoms. The average molecular weight is 1060 g/mol. The average Bonchev–Trinajstić information content (AvgIpc) is 3.67. The Labute approximate surface area is 418 Å². The number of rotatable bonds is 36. The first-order chi connectivity index (χ1) is 33.7. The SMILES string of the molecule is COCCOCCOCCOCCOCCOCC[N+]1=C(/C=C/C=C/C=C2/N(CCCCCC(=O)O)c3ccc(S(=O)(=O)[O-])cc3C2(C)CCOC)C(C)(CCCS(=O)(=O)O)c2cc(S(=O)(=O)O)ccc21. The highest BCUT2D eigenvalue weighted by Crippen LogP contribution is 2.51. The van der Waals surface area contributed by atoms with Gasteiger partial charge in [0.2, 0.25) is 5.69 Å². The van der Waals surface area contributed by atoms with Crippen LogP contribution in [0.1, 0.15) is 69.9 Å². The maximum Gasteiger partial charge on any atom is 0.303 e. The minimum Gasteiger partial charge on any atom is -0.744 e. The zero-order valence-electron chi connectivity index (χ0n) is 41.0. The first-order valence-corrected chi connectivity index (χ1v) is 27.9. The standard InChI is InChI=1S/C48H70N2O18S3/c1-47(19-11-35-69(53,54)55)40-36-38(70(56,57)58)16-18-43(40)50(22-24-64-27-28-66-31-32-68-34-33-67-30-29-65-26-25-63-4)44(47)12-7-5-8-13-45-48(2,20-23-62-3)41-37-39(71(59,60)61)15-17-42(41)49(45)21-10-6-9-14-46(51)52/h5,7-8,12-13,15-18,36-37H,6,9-11,14,19-35H2,1-4H3,(H3-,51,52,53,54,55,56,57,58,59,60,61). The number of carbonyl (C=O) groups is 1. The third-order valence-corrected chi connectivity index (χ3v) is 14.8. The van der Waals surface area contributed by atoms with Gasteiger partial charge in [-0.2, -0.15) is 21.4 Å². The number of aliphatic carboxylic acids is 1. The molecule has 2 atom stereocenters. The molecular weight excluding hydrogens is 989 g/mol. The molecule has 71 heavy (non-hydrogen) atoms. The molecular formula is C48H70N2O18S3. The monoisotopic (exact) mass is 1060 g/mol. The van der Waals surface area contributed by atoms with Crippen LogP contribution in [0.3, 0.4) is 0 Å². The fraction of sp³-hybridized carbons (Fsp3) is 0.583. The number of allylic oxidation sites excluding steroid dienone is 6. The lowest BCUT2D eigenvalue weighted by Gasteiger charge is -2.30. The smallest absolute Gasteiger partial charge is 0.303 e. The van der Waals surface area contributed by atoms with Gasteiger partial charge in [0, 0.05) is 68.3 Å². The number of benzene rings is 2. The molecule has 23 heteroatoms. The van der Waals surface area contributed by atoms with Crippen molar-refractivity contribution in [3.05, 3.63) is 83.6 Å². The maximum atomic E-state index is 12.4. The van der Waals surface area contributed by atoms with E-state index in [0.717, 1.165) is 5.70 Å². The van der Waals surface area contributed by atoms with Crippen molar-refractivity contribution in [2.75, 3.05) is 117 Å². The van der Waals surface area contributed by atoms with Crippen molar-refractivity contribution in [2.24, 2.45) is 0 Å². The summed E-state index contributed by atoms with van der Waals surface area (Å²) in [5.74, 6) is -1.43. The highest BCUT2D eigenvalue weighted by atomic mass is 32.2. The van der Waals surface area contributed by atoms with E-state index in [1.165, 1.54) is 24.3 Å². The van der Waals surface area contributed by atoms with E-state index in [0.29, 0.717) is 120 Å². The summed E-state index contributed by atoms with van der Waals surface area (Å²) in [7, 11) is -10.6. The van der Waals surface area contributed by atoms with E-state index in [1.54, 1.807) is 44.6 Å². The Hall–Kier alpha value is -3.95. The molecule has 0 aromatic heterocycles. The van der Waals surface area contributed by atoms with Gasteiger partial charge in [0.05, 0.1) is 87.0 Å². The lowest BCUT2D eigenvalue weighted by Crippen LogP contribution is -2.32. The number of hydrogen-bond donors (Lipinski definition) is 3. The Balaban J connectivity index is 1.59. The summed E-state index contributed by atoms with van der Waals surface area (Å²) >= 11 is 0. The van der Waals surface area contributed by atoms with Crippen LogP contribution in [-0.2, 0) is 79.1 Å². The summed E-state index contributed by atoms with van der Waals surface area (Å²) in [5, 5.41) is 9.17. The summed E-state index contributed by atoms with van der Waals surface area (Å²) in [6.45, 7) is 9.04. The highest BCUT2D eigenvalue weighted by molar-refractivity contribution is 7.86. The Bertz CT molecular complexity index is 2530. The summed E-state index contributed by atoms with van der Waals surface area (Å²) in [5.41, 5.74) is 2.05. The Morgan fingerprint density at radius 2 is 1.25 bits per heavy atom. The first kappa shape index (κ1) is 59.6. The minimum absolute atomic E-state index is 0.00889. The van der Waals surface area contributed by atoms with Crippen molar-refractivity contribution in [3.8, 4) is 0 Å². The second-order valence-electron chi connectivity index (χ2n) is 17.3. The van der Waals surface area contributed by atoms with Crippen molar-refractivity contribution in [3.63, 3.8) is 0 Å². The van der Waals surface area contributed by atoms with E-state index >= 15 is 0 Å². The number of hydrogen-bond acceptors (Lipinski definition) is 16. The van der Waals surface area contributed by atoms with Gasteiger partial charge in [-0.25, -0.2) is 8.42 Å². The molecule has 2 aromatic carbocycles. The van der Waals surface area contributed by atoms with E-state index in [9.17, 15) is 48.8 Å². The van der Waals surface area contributed by atoms with Gasteiger partial charge in [-0.15, -0.1) is 0 Å². The van der Waals surface area contributed by atoms with Gasteiger partial charge >= 0.3 is 5.97 Å². The van der Waals surface area contributed by atoms with E-state index < -0.39 is 52.9 Å². The molecule has 2 heterocycles. The third-order valence-electron chi connectivity index (χ3n) is 12.3. The molecule has 2 aliphatic heterocycles. The molecule has 0 saturated heterocycles. The van der Waals surface area contributed by atoms with E-state index in [1.807, 2.05) is 35.5 Å². The van der Waals surface area contributed by atoms with Crippen molar-refractivity contribution in [1.82, 2.24) is 0 Å². The van der Waals surface area contributed by atoms with Gasteiger partial charge < -0.3 is 47.7 Å². The number of carboxylic acids is 1. The minimum atomic E-state index is -4.79. The molecule has 0 amide bonds. The number of nitrogens with zero attached hydrogens (tertiary/aromatic N) is 2. The van der Waals surface area contributed by atoms with Crippen LogP contribution in [0.4, 0.5) is 11.4 Å². The van der Waals surface area contributed by atoms with Crippen LogP contribution in [0.25, 0.3) is 0 Å². The van der Waals surface area contributed by atoms with Crippen LogP contribution >= 0.6 is 0 Å². The second-order valence-corrected chi connectivity index (χ2v) is 21.7. The predicted molar refractivity (Wildman–Crippen MR) is 263 cm³/mol. The molecule has 0 spiro atoms. The number of fused-ring (bicyclic) bond motifs is 2. The van der Waals surface area contributed by atoms with Gasteiger partial charge in [0.25, 0.3) is 20.2 Å². The number of unbranched alkanes of at least 4 members (excludes halogenated alkanes) is 2. The number of anilines is 1. The van der Waals surface area contributed by atoms with E-state index in [4.69, 9.17) is 33.2 Å². The molecule has 0 radical (unpaired) electrons. The molecule has 2 aromatic rings. The van der Waals surface area contributed by atoms with Gasteiger partial charge in [0.15, 0.2) is 12.3 Å². The zero-order valence-corrected chi connectivity index (χ0v) is 43.4. The molecule has 3 N–H and O–H groups in total. The number of ether oxygens (including phenoxy) is 7. The first-order valence-electron chi connectivity index (χ1n) is 23.4. The van der Waals surface area contributed by atoms with Crippen LogP contribution < -0.4 is 4.90 Å². The maximum absolute atomic E-state index is 12.4. The van der Waals surface area contributed by atoms with Crippen molar-refractivity contribution >= 4 is 53.4 Å². The quantitative estimate of drug-likeness (QED) is 0.0349. The summed E-state index contributed by atoms with van der Waals surface area (Å²) in [6, 6.07) is 8.53. The van der Waals surface area contributed by atoms with Crippen LogP contribution in [0.15, 0.2) is 82.3 Å². The third kappa shape index (κ3) is 18.2. The lowest BCUT2D eigenvalue weighted by molar-refractivity contribution is -0.442. The molecule has 0 saturated carbocycles. The molecule has 0 fully saturated rings. The molecule has 20 nitrogen and oxygen atoms in total. The Morgan fingerprint density at radius 1 is 0.676 bits per heavy atom. The van der Waals surface area contributed by atoms with Crippen molar-refractivity contribution in [2.45, 2.75) is 79.4 Å². The van der Waals surface area contributed by atoms with Gasteiger partial charge in [-0.1, -0.05) is 24.6 Å². The Morgan fingerprint density at radius 3 is 1.82 bits per heavy atom. The molecule has 398 valence electrons. The number of carboxylic acid groups (broad SMARTS) is 1. The van der Waals surface area contributed by atoms with Gasteiger partial charge in [0.1, 0.15) is 16.7 Å². The Kier molecular flexibility index (Phi) is 23.9. The molecule has 4 rings (SSSR count). The largest absolute Gasteiger partial charge is 0.744 e. The van der Waals surface area contributed by atoms with Crippen LogP contribution in [-0.4, -0.2) is 173 Å². The fourth-order valence-corrected chi connectivity index (χ4v) is 10.2. The topological polar surface area (TPSA) is 274 Å². The summed E-state index contributed by atoms with van der Waals surface area (Å²) < 4.78 is 145. The van der Waals surface area contributed by atoms with Crippen LogP contribution in [0.2, 0.25) is 0 Å². The molecule has 0 aliphatic carbocycles. The van der Waals surface area contributed by atoms with Gasteiger partial charge in [-0.05, 0) is 87.9 Å². The molecule has 2 aliphatic rings. The normalized spacial score (nSPS) is 19.0. The van der Waals surface area contributed by atoms with Crippen LogP contribution in [0.5, 0.6) is 0 Å². The summed E-state index contributed by atoms with van der Waals surface area (Å²) in [6.07, 6.45) is 11.4. The second kappa shape index (κ2) is 28.5. The molecule has 2 unspecified atom stereocenters. The zero-order chi connectivity index (χ0) is 52.1. The van der Waals surface area contributed by atoms with Gasteiger partial charge in [-0.3, -0.25) is 13.9 Å². The number of methoxy groups -OCH3 is 2. The van der Waals surface area contributed by atoms with E-state index in [-0.39, 0.29) is 55.4 Å².